The van der Waals surface area contributed by atoms with Gasteiger partial charge in [-0.25, -0.2) is 0 Å². The van der Waals surface area contributed by atoms with Crippen molar-refractivity contribution in [3.63, 3.8) is 0 Å². The van der Waals surface area contributed by atoms with Crippen LogP contribution in [0.5, 0.6) is 0 Å². The van der Waals surface area contributed by atoms with E-state index in [1.165, 1.54) is 0 Å². The lowest BCUT2D eigenvalue weighted by atomic mass is 10.5. The quantitative estimate of drug-likeness (QED) is 0.669. The van der Waals surface area contributed by atoms with Crippen molar-refractivity contribution >= 4 is 34.0 Å². The lowest BCUT2D eigenvalue weighted by Crippen LogP contribution is -2.28. The highest BCUT2D eigenvalue weighted by Crippen LogP contribution is 2.10. The van der Waals surface area contributed by atoms with E-state index in [1.807, 2.05) is 6.20 Å². The molecule has 0 aromatic carbocycles. The lowest BCUT2D eigenvalue weighted by Gasteiger charge is -2.14. The van der Waals surface area contributed by atoms with Gasteiger partial charge in [-0.2, -0.15) is 0 Å². The number of halogens is 2. The molecular formula is C6H10Br2N2. The molecule has 0 spiro atoms. The third-order valence-corrected chi connectivity index (χ3v) is 1.52. The van der Waals surface area contributed by atoms with Gasteiger partial charge in [-0.1, -0.05) is 6.08 Å². The molecule has 0 radical (unpaired) electrons. The zero-order chi connectivity index (χ0) is 5.40. The SMILES string of the molecule is Br.Br.C1=CC2NC=CN2C1. The van der Waals surface area contributed by atoms with Crippen LogP contribution in [0.1, 0.15) is 0 Å². The number of hydrogen-bond acceptors (Lipinski definition) is 2. The first-order valence-electron chi connectivity index (χ1n) is 2.82. The smallest absolute Gasteiger partial charge is 0.118 e. The summed E-state index contributed by atoms with van der Waals surface area (Å²) in [6.07, 6.45) is 8.86. The normalized spacial score (nSPS) is 24.8. The van der Waals surface area contributed by atoms with E-state index in [4.69, 9.17) is 0 Å². The molecule has 2 aliphatic rings. The van der Waals surface area contributed by atoms with Gasteiger partial charge in [0.25, 0.3) is 0 Å². The number of nitrogens with zero attached hydrogens (tertiary/aromatic N) is 1. The van der Waals surface area contributed by atoms with Crippen molar-refractivity contribution in [3.8, 4) is 0 Å². The summed E-state index contributed by atoms with van der Waals surface area (Å²) in [6, 6.07) is 0. The van der Waals surface area contributed by atoms with Crippen molar-refractivity contribution in [1.29, 1.82) is 0 Å². The van der Waals surface area contributed by atoms with Gasteiger partial charge in [0.15, 0.2) is 0 Å². The van der Waals surface area contributed by atoms with Crippen LogP contribution in [0.3, 0.4) is 0 Å². The molecule has 0 saturated carbocycles. The van der Waals surface area contributed by atoms with E-state index in [2.05, 4.69) is 28.6 Å². The molecule has 2 aliphatic heterocycles. The number of rotatable bonds is 0. The van der Waals surface area contributed by atoms with E-state index < -0.39 is 0 Å². The van der Waals surface area contributed by atoms with Gasteiger partial charge in [0.1, 0.15) is 6.17 Å². The third-order valence-electron chi connectivity index (χ3n) is 1.52. The molecule has 0 bridgehead atoms. The third kappa shape index (κ3) is 1.55. The van der Waals surface area contributed by atoms with Crippen LogP contribution in [0.2, 0.25) is 0 Å². The minimum absolute atomic E-state index is 0. The second kappa shape index (κ2) is 4.03. The fourth-order valence-electron chi connectivity index (χ4n) is 1.08. The molecule has 2 rings (SSSR count). The summed E-state index contributed by atoms with van der Waals surface area (Å²) in [5.74, 6) is 0. The van der Waals surface area contributed by atoms with Gasteiger partial charge >= 0.3 is 0 Å². The van der Waals surface area contributed by atoms with Crippen LogP contribution in [0, 0.1) is 0 Å². The predicted octanol–water partition coefficient (Wildman–Crippen LogP) is 1.41. The second-order valence-electron chi connectivity index (χ2n) is 2.05. The Kier molecular flexibility index (Phi) is 4.05. The van der Waals surface area contributed by atoms with Crippen LogP contribution >= 0.6 is 34.0 Å². The zero-order valence-electron chi connectivity index (χ0n) is 5.36. The molecule has 10 heavy (non-hydrogen) atoms. The van der Waals surface area contributed by atoms with Crippen molar-refractivity contribution in [3.05, 3.63) is 24.6 Å². The summed E-state index contributed by atoms with van der Waals surface area (Å²) >= 11 is 0. The van der Waals surface area contributed by atoms with Crippen molar-refractivity contribution in [2.75, 3.05) is 6.54 Å². The molecule has 0 fully saturated rings. The first-order valence-corrected chi connectivity index (χ1v) is 2.82. The van der Waals surface area contributed by atoms with Crippen molar-refractivity contribution in [1.82, 2.24) is 10.2 Å². The molecule has 0 aromatic rings. The van der Waals surface area contributed by atoms with E-state index in [9.17, 15) is 0 Å². The van der Waals surface area contributed by atoms with E-state index in [0.29, 0.717) is 6.17 Å². The molecule has 0 amide bonds. The van der Waals surface area contributed by atoms with Gasteiger partial charge in [-0.15, -0.1) is 34.0 Å². The van der Waals surface area contributed by atoms with Crippen LogP contribution in [-0.4, -0.2) is 17.6 Å². The topological polar surface area (TPSA) is 15.3 Å². The summed E-state index contributed by atoms with van der Waals surface area (Å²) in [4.78, 5) is 2.24. The number of fused-ring (bicyclic) bond motifs is 1. The van der Waals surface area contributed by atoms with E-state index >= 15 is 0 Å². The summed E-state index contributed by atoms with van der Waals surface area (Å²) in [7, 11) is 0. The highest BCUT2D eigenvalue weighted by molar-refractivity contribution is 8.93. The van der Waals surface area contributed by atoms with Crippen LogP contribution in [0.15, 0.2) is 24.6 Å². The van der Waals surface area contributed by atoms with Crippen LogP contribution in [0.4, 0.5) is 0 Å². The standard InChI is InChI=1S/C6H8N2.2BrH/c1-2-6-7-3-5-8(6)4-1;;/h1-3,5-7H,4H2;2*1H. The highest BCUT2D eigenvalue weighted by atomic mass is 79.9. The first-order chi connectivity index (χ1) is 3.97. The molecule has 1 atom stereocenters. The molecule has 0 aliphatic carbocycles. The molecular weight excluding hydrogens is 260 g/mol. The van der Waals surface area contributed by atoms with Crippen molar-refractivity contribution in [2.24, 2.45) is 0 Å². The van der Waals surface area contributed by atoms with Gasteiger partial charge in [-0.3, -0.25) is 0 Å². The minimum atomic E-state index is 0. The molecule has 58 valence electrons. The van der Waals surface area contributed by atoms with Crippen LogP contribution in [-0.2, 0) is 0 Å². The minimum Gasteiger partial charge on any atom is -0.367 e. The maximum absolute atomic E-state index is 3.18. The van der Waals surface area contributed by atoms with Gasteiger partial charge in [-0.05, 0) is 6.08 Å². The summed E-state index contributed by atoms with van der Waals surface area (Å²) in [5, 5.41) is 3.18. The Morgan fingerprint density at radius 3 is 2.90 bits per heavy atom. The Hall–Kier alpha value is 0.0400. The molecule has 2 heterocycles. The Morgan fingerprint density at radius 1 is 1.40 bits per heavy atom. The fourth-order valence-corrected chi connectivity index (χ4v) is 1.08. The number of hydrogen-bond donors (Lipinski definition) is 1. The van der Waals surface area contributed by atoms with Crippen LogP contribution in [0.25, 0.3) is 0 Å². The Labute approximate surface area is 81.5 Å². The van der Waals surface area contributed by atoms with E-state index in [-0.39, 0.29) is 34.0 Å². The van der Waals surface area contributed by atoms with E-state index in [1.54, 1.807) is 0 Å². The largest absolute Gasteiger partial charge is 0.367 e. The maximum atomic E-state index is 3.18. The fraction of sp³-hybridized carbons (Fsp3) is 0.333. The summed E-state index contributed by atoms with van der Waals surface area (Å²) in [6.45, 7) is 1.06. The molecule has 1 N–H and O–H groups in total. The van der Waals surface area contributed by atoms with Crippen molar-refractivity contribution in [2.45, 2.75) is 6.17 Å². The zero-order valence-corrected chi connectivity index (χ0v) is 8.78. The van der Waals surface area contributed by atoms with Gasteiger partial charge in [0, 0.05) is 18.9 Å². The molecule has 4 heteroatoms. The lowest BCUT2D eigenvalue weighted by molar-refractivity contribution is 0.382. The highest BCUT2D eigenvalue weighted by Gasteiger charge is 2.17. The number of nitrogens with one attached hydrogen (secondary N) is 1. The Balaban J connectivity index is 0.000000405. The molecule has 2 nitrogen and oxygen atoms in total. The first kappa shape index (κ1) is 10.0. The molecule has 1 unspecified atom stereocenters. The Morgan fingerprint density at radius 2 is 2.20 bits per heavy atom. The monoisotopic (exact) mass is 268 g/mol. The average Bonchev–Trinajstić information content (AvgIpc) is 2.15. The predicted molar refractivity (Wildman–Crippen MR) is 52.6 cm³/mol. The summed E-state index contributed by atoms with van der Waals surface area (Å²) < 4.78 is 0. The van der Waals surface area contributed by atoms with Crippen molar-refractivity contribution < 1.29 is 0 Å². The van der Waals surface area contributed by atoms with E-state index in [0.717, 1.165) is 6.54 Å². The van der Waals surface area contributed by atoms with Gasteiger partial charge in [0.2, 0.25) is 0 Å². The second-order valence-corrected chi connectivity index (χ2v) is 2.05. The summed E-state index contributed by atoms with van der Waals surface area (Å²) in [5.41, 5.74) is 0. The van der Waals surface area contributed by atoms with Gasteiger partial charge < -0.3 is 10.2 Å². The Bertz CT molecular complexity index is 138. The molecule has 0 aromatic heterocycles. The average molecular weight is 270 g/mol. The van der Waals surface area contributed by atoms with Crippen LogP contribution < -0.4 is 5.32 Å². The molecule has 0 saturated heterocycles. The maximum Gasteiger partial charge on any atom is 0.118 e. The van der Waals surface area contributed by atoms with Gasteiger partial charge in [0.05, 0.1) is 0 Å².